The van der Waals surface area contributed by atoms with Gasteiger partial charge in [-0.2, -0.15) is 0 Å². The van der Waals surface area contributed by atoms with Crippen molar-refractivity contribution < 1.29 is 4.79 Å². The van der Waals surface area contributed by atoms with Crippen LogP contribution in [0.2, 0.25) is 0 Å². The molecule has 2 N–H and O–H groups in total. The summed E-state index contributed by atoms with van der Waals surface area (Å²) in [6.07, 6.45) is 3.92. The van der Waals surface area contributed by atoms with Crippen molar-refractivity contribution in [2.45, 2.75) is 58.4 Å². The molecule has 31 heavy (non-hydrogen) atoms. The second-order valence-corrected chi connectivity index (χ2v) is 9.21. The highest BCUT2D eigenvalue weighted by Crippen LogP contribution is 2.37. The van der Waals surface area contributed by atoms with Crippen molar-refractivity contribution in [3.05, 3.63) is 53.3 Å². The first-order valence-corrected chi connectivity index (χ1v) is 11.4. The van der Waals surface area contributed by atoms with E-state index in [1.807, 2.05) is 32.0 Å². The number of carbonyl (C=O) groups is 1. The molecule has 3 heterocycles. The third-order valence-corrected chi connectivity index (χ3v) is 6.70. The summed E-state index contributed by atoms with van der Waals surface area (Å²) in [6, 6.07) is 11.0. The summed E-state index contributed by atoms with van der Waals surface area (Å²) in [7, 11) is 1.97. The minimum atomic E-state index is -0.161. The van der Waals surface area contributed by atoms with Gasteiger partial charge >= 0.3 is 0 Å². The Morgan fingerprint density at radius 3 is 2.55 bits per heavy atom. The Kier molecular flexibility index (Phi) is 6.15. The zero-order chi connectivity index (χ0) is 22.1. The van der Waals surface area contributed by atoms with Crippen LogP contribution in [-0.2, 0) is 4.79 Å². The molecule has 1 amide bonds. The molecule has 4 rings (SSSR count). The van der Waals surface area contributed by atoms with Gasteiger partial charge in [0, 0.05) is 41.4 Å². The molecular weight excluding hydrogens is 384 g/mol. The number of hydrogen-bond acceptors (Lipinski definition) is 3. The number of piperidine rings is 1. The zero-order valence-corrected chi connectivity index (χ0v) is 19.3. The van der Waals surface area contributed by atoms with Crippen LogP contribution in [0.3, 0.4) is 0 Å². The largest absolute Gasteiger partial charge is 0.354 e. The molecule has 3 aromatic rings. The highest BCUT2D eigenvalue weighted by Gasteiger charge is 2.27. The van der Waals surface area contributed by atoms with Crippen LogP contribution in [0, 0.1) is 6.92 Å². The van der Waals surface area contributed by atoms with Gasteiger partial charge < -0.3 is 15.2 Å². The van der Waals surface area contributed by atoms with Crippen molar-refractivity contribution in [3.8, 4) is 11.3 Å². The number of aromatic nitrogens is 2. The molecule has 0 spiro atoms. The topological polar surface area (TPSA) is 61.0 Å². The van der Waals surface area contributed by atoms with Gasteiger partial charge in [-0.3, -0.25) is 9.78 Å². The molecule has 1 fully saturated rings. The number of H-pyrrole nitrogens is 1. The van der Waals surface area contributed by atoms with Crippen LogP contribution < -0.4 is 5.32 Å². The van der Waals surface area contributed by atoms with E-state index in [1.165, 1.54) is 10.9 Å². The van der Waals surface area contributed by atoms with E-state index in [0.717, 1.165) is 54.0 Å². The van der Waals surface area contributed by atoms with Gasteiger partial charge in [0.1, 0.15) is 0 Å². The number of nitrogens with zero attached hydrogens (tertiary/aromatic N) is 2. The van der Waals surface area contributed by atoms with Crippen LogP contribution in [0.1, 0.15) is 62.3 Å². The predicted octanol–water partition coefficient (Wildman–Crippen LogP) is 4.98. The van der Waals surface area contributed by atoms with Crippen LogP contribution in [0.4, 0.5) is 0 Å². The van der Waals surface area contributed by atoms with E-state index in [-0.39, 0.29) is 11.8 Å². The fourth-order valence-electron chi connectivity index (χ4n) is 4.85. The minimum Gasteiger partial charge on any atom is -0.354 e. The second kappa shape index (κ2) is 8.83. The van der Waals surface area contributed by atoms with E-state index in [4.69, 9.17) is 0 Å². The van der Waals surface area contributed by atoms with Crippen molar-refractivity contribution in [3.63, 3.8) is 0 Å². The van der Waals surface area contributed by atoms with Gasteiger partial charge in [0.15, 0.2) is 0 Å². The highest BCUT2D eigenvalue weighted by molar-refractivity contribution is 5.93. The molecular formula is C26H34N4O. The Hall–Kier alpha value is -2.66. The molecule has 5 nitrogen and oxygen atoms in total. The van der Waals surface area contributed by atoms with E-state index in [9.17, 15) is 4.79 Å². The maximum absolute atomic E-state index is 13.3. The number of rotatable bonds is 5. The van der Waals surface area contributed by atoms with E-state index in [0.29, 0.717) is 12.0 Å². The fraction of sp³-hybridized carbons (Fsp3) is 0.462. The molecule has 164 valence electrons. The van der Waals surface area contributed by atoms with Crippen molar-refractivity contribution in [2.75, 3.05) is 20.1 Å². The Balaban J connectivity index is 1.70. The van der Waals surface area contributed by atoms with Crippen molar-refractivity contribution in [1.82, 2.24) is 20.2 Å². The lowest BCUT2D eigenvalue weighted by molar-refractivity contribution is -0.133. The number of carbonyl (C=O) groups excluding carboxylic acids is 1. The SMILES string of the molecule is Cc1cc(-c2[nH]c3ccc(C(C)C(=O)N(C)C4CCNCC4)cc3c2C(C)C)ccn1. The van der Waals surface area contributed by atoms with Crippen molar-refractivity contribution in [1.29, 1.82) is 0 Å². The summed E-state index contributed by atoms with van der Waals surface area (Å²) < 4.78 is 0. The fourth-order valence-corrected chi connectivity index (χ4v) is 4.85. The summed E-state index contributed by atoms with van der Waals surface area (Å²) in [4.78, 5) is 23.2. The smallest absolute Gasteiger partial charge is 0.229 e. The summed E-state index contributed by atoms with van der Waals surface area (Å²) in [5.41, 5.74) is 6.81. The van der Waals surface area contributed by atoms with Gasteiger partial charge in [-0.25, -0.2) is 0 Å². The Morgan fingerprint density at radius 1 is 1.13 bits per heavy atom. The molecule has 0 bridgehead atoms. The molecule has 2 aromatic heterocycles. The Bertz CT molecular complexity index is 1080. The quantitative estimate of drug-likeness (QED) is 0.615. The normalized spacial score (nSPS) is 16.1. The summed E-state index contributed by atoms with van der Waals surface area (Å²) in [5, 5.41) is 4.59. The first-order valence-electron chi connectivity index (χ1n) is 11.4. The number of pyridine rings is 1. The first-order chi connectivity index (χ1) is 14.9. The van der Waals surface area contributed by atoms with Gasteiger partial charge in [-0.15, -0.1) is 0 Å². The molecule has 0 radical (unpaired) electrons. The predicted molar refractivity (Wildman–Crippen MR) is 127 cm³/mol. The Morgan fingerprint density at radius 2 is 1.87 bits per heavy atom. The molecule has 5 heteroatoms. The van der Waals surface area contributed by atoms with Crippen molar-refractivity contribution >= 4 is 16.8 Å². The molecule has 0 saturated carbocycles. The molecule has 1 aliphatic heterocycles. The first kappa shape index (κ1) is 21.6. The lowest BCUT2D eigenvalue weighted by Gasteiger charge is -2.33. The number of fused-ring (bicyclic) bond motifs is 1. The van der Waals surface area contributed by atoms with E-state index >= 15 is 0 Å². The highest BCUT2D eigenvalue weighted by atomic mass is 16.2. The lowest BCUT2D eigenvalue weighted by atomic mass is 9.92. The Labute approximate surface area is 185 Å². The van der Waals surface area contributed by atoms with E-state index in [1.54, 1.807) is 0 Å². The number of amides is 1. The van der Waals surface area contributed by atoms with Gasteiger partial charge in [0.25, 0.3) is 0 Å². The zero-order valence-electron chi connectivity index (χ0n) is 19.3. The monoisotopic (exact) mass is 418 g/mol. The number of benzene rings is 1. The standard InChI is InChI=1S/C26H34N4O/c1-16(2)24-22-15-19(18(4)26(31)30(5)21-9-11-27-12-10-21)6-7-23(22)29-25(24)20-8-13-28-17(3)14-20/h6-8,13-16,18,21,27,29H,9-12H2,1-5H3. The average Bonchev–Trinajstić information content (AvgIpc) is 3.17. The average molecular weight is 419 g/mol. The van der Waals surface area contributed by atoms with E-state index < -0.39 is 0 Å². The molecule has 1 atom stereocenters. The summed E-state index contributed by atoms with van der Waals surface area (Å²) in [5.74, 6) is 0.402. The van der Waals surface area contributed by atoms with Crippen molar-refractivity contribution in [2.24, 2.45) is 0 Å². The molecule has 1 saturated heterocycles. The number of aryl methyl sites for hydroxylation is 1. The van der Waals surface area contributed by atoms with E-state index in [2.05, 4.69) is 59.5 Å². The van der Waals surface area contributed by atoms with Gasteiger partial charge in [-0.1, -0.05) is 19.9 Å². The molecule has 0 aliphatic carbocycles. The summed E-state index contributed by atoms with van der Waals surface area (Å²) in [6.45, 7) is 10.5. The number of nitrogens with one attached hydrogen (secondary N) is 2. The maximum Gasteiger partial charge on any atom is 0.229 e. The number of aromatic amines is 1. The van der Waals surface area contributed by atoms with Crippen LogP contribution in [0.5, 0.6) is 0 Å². The van der Waals surface area contributed by atoms with Gasteiger partial charge in [-0.05, 0) is 81.1 Å². The second-order valence-electron chi connectivity index (χ2n) is 9.21. The third kappa shape index (κ3) is 4.24. The number of likely N-dealkylation sites (N-methyl/N-ethyl adjacent to an activating group) is 1. The minimum absolute atomic E-state index is 0.161. The van der Waals surface area contributed by atoms with Gasteiger partial charge in [0.2, 0.25) is 5.91 Å². The third-order valence-electron chi connectivity index (χ3n) is 6.70. The summed E-state index contributed by atoms with van der Waals surface area (Å²) >= 11 is 0. The van der Waals surface area contributed by atoms with Crippen LogP contribution in [0.15, 0.2) is 36.5 Å². The van der Waals surface area contributed by atoms with Crippen LogP contribution in [0.25, 0.3) is 22.2 Å². The van der Waals surface area contributed by atoms with Crippen LogP contribution >= 0.6 is 0 Å². The van der Waals surface area contributed by atoms with Crippen LogP contribution in [-0.4, -0.2) is 47.0 Å². The molecule has 1 aromatic carbocycles. The lowest BCUT2D eigenvalue weighted by Crippen LogP contribution is -2.45. The molecule has 1 unspecified atom stereocenters. The molecule has 1 aliphatic rings. The number of hydrogen-bond donors (Lipinski definition) is 2. The van der Waals surface area contributed by atoms with Gasteiger partial charge in [0.05, 0.1) is 11.6 Å². The maximum atomic E-state index is 13.3.